The third-order valence-corrected chi connectivity index (χ3v) is 3.74. The van der Waals surface area contributed by atoms with Crippen molar-refractivity contribution < 1.29 is 0 Å². The van der Waals surface area contributed by atoms with Gasteiger partial charge in [0.2, 0.25) is 0 Å². The average molecular weight is 254 g/mol. The number of benzene rings is 1. The van der Waals surface area contributed by atoms with Crippen LogP contribution >= 0.6 is 11.6 Å². The number of halogens is 1. The van der Waals surface area contributed by atoms with E-state index >= 15 is 0 Å². The first-order valence-corrected chi connectivity index (χ1v) is 7.05. The molecule has 1 atom stereocenters. The number of hydrogen-bond acceptors (Lipinski definition) is 1. The SMILES string of the molecule is CCCCCCCC(N)c1cccc(Cl)c1C. The highest BCUT2D eigenvalue weighted by atomic mass is 35.5. The van der Waals surface area contributed by atoms with E-state index in [-0.39, 0.29) is 6.04 Å². The van der Waals surface area contributed by atoms with Crippen molar-refractivity contribution in [2.75, 3.05) is 0 Å². The van der Waals surface area contributed by atoms with Gasteiger partial charge in [-0.2, -0.15) is 0 Å². The first kappa shape index (κ1) is 14.5. The maximum absolute atomic E-state index is 6.22. The van der Waals surface area contributed by atoms with Crippen LogP contribution in [-0.2, 0) is 0 Å². The largest absolute Gasteiger partial charge is 0.324 e. The number of unbranched alkanes of at least 4 members (excludes halogenated alkanes) is 4. The first-order valence-electron chi connectivity index (χ1n) is 6.67. The molecule has 1 aromatic carbocycles. The molecule has 0 spiro atoms. The van der Waals surface area contributed by atoms with Gasteiger partial charge >= 0.3 is 0 Å². The molecule has 0 bridgehead atoms. The Morgan fingerprint density at radius 2 is 1.88 bits per heavy atom. The summed E-state index contributed by atoms with van der Waals surface area (Å²) in [7, 11) is 0. The lowest BCUT2D eigenvalue weighted by Gasteiger charge is -2.15. The molecule has 0 amide bonds. The fourth-order valence-corrected chi connectivity index (χ4v) is 2.33. The van der Waals surface area contributed by atoms with Gasteiger partial charge in [-0.3, -0.25) is 0 Å². The van der Waals surface area contributed by atoms with E-state index in [1.165, 1.54) is 37.7 Å². The molecule has 0 aliphatic carbocycles. The Bertz CT molecular complexity index is 336. The molecule has 0 aromatic heterocycles. The summed E-state index contributed by atoms with van der Waals surface area (Å²) in [6.45, 7) is 4.29. The summed E-state index contributed by atoms with van der Waals surface area (Å²) in [6.07, 6.45) is 7.53. The van der Waals surface area contributed by atoms with Gasteiger partial charge in [-0.15, -0.1) is 0 Å². The van der Waals surface area contributed by atoms with Gasteiger partial charge in [0.1, 0.15) is 0 Å². The van der Waals surface area contributed by atoms with Gasteiger partial charge in [-0.05, 0) is 30.5 Å². The van der Waals surface area contributed by atoms with Crippen molar-refractivity contribution in [3.05, 3.63) is 34.3 Å². The summed E-state index contributed by atoms with van der Waals surface area (Å²) in [4.78, 5) is 0. The van der Waals surface area contributed by atoms with Gasteiger partial charge < -0.3 is 5.73 Å². The second kappa shape index (κ2) is 7.73. The summed E-state index contributed by atoms with van der Waals surface area (Å²) in [5.74, 6) is 0. The highest BCUT2D eigenvalue weighted by Crippen LogP contribution is 2.25. The van der Waals surface area contributed by atoms with Crippen molar-refractivity contribution in [2.24, 2.45) is 5.73 Å². The van der Waals surface area contributed by atoms with E-state index < -0.39 is 0 Å². The lowest BCUT2D eigenvalue weighted by Crippen LogP contribution is -2.11. The molecule has 0 radical (unpaired) electrons. The number of rotatable bonds is 7. The van der Waals surface area contributed by atoms with Gasteiger partial charge in [-0.1, -0.05) is 62.8 Å². The fraction of sp³-hybridized carbons (Fsp3) is 0.600. The van der Waals surface area contributed by atoms with E-state index in [9.17, 15) is 0 Å². The summed E-state index contributed by atoms with van der Waals surface area (Å²) in [6, 6.07) is 6.14. The van der Waals surface area contributed by atoms with E-state index in [1.807, 2.05) is 12.1 Å². The zero-order valence-corrected chi connectivity index (χ0v) is 11.8. The van der Waals surface area contributed by atoms with Crippen LogP contribution in [0.25, 0.3) is 0 Å². The van der Waals surface area contributed by atoms with Crippen molar-refractivity contribution in [1.29, 1.82) is 0 Å². The van der Waals surface area contributed by atoms with Crippen molar-refractivity contribution in [3.63, 3.8) is 0 Å². The molecule has 0 aliphatic heterocycles. The molecule has 96 valence electrons. The van der Waals surface area contributed by atoms with Crippen LogP contribution in [0.5, 0.6) is 0 Å². The van der Waals surface area contributed by atoms with Crippen LogP contribution < -0.4 is 5.73 Å². The average Bonchev–Trinajstić information content (AvgIpc) is 2.32. The van der Waals surface area contributed by atoms with Crippen LogP contribution in [0.4, 0.5) is 0 Å². The molecule has 0 saturated carbocycles. The van der Waals surface area contributed by atoms with Crippen LogP contribution in [0.3, 0.4) is 0 Å². The lowest BCUT2D eigenvalue weighted by atomic mass is 9.97. The van der Waals surface area contributed by atoms with Gasteiger partial charge in [0, 0.05) is 11.1 Å². The Kier molecular flexibility index (Phi) is 6.61. The van der Waals surface area contributed by atoms with Crippen molar-refractivity contribution >= 4 is 11.6 Å². The molecular formula is C15H24ClN. The summed E-state index contributed by atoms with van der Waals surface area (Å²) in [5, 5.41) is 0.823. The summed E-state index contributed by atoms with van der Waals surface area (Å²) in [5.41, 5.74) is 8.56. The highest BCUT2D eigenvalue weighted by Gasteiger charge is 2.10. The Balaban J connectivity index is 2.41. The summed E-state index contributed by atoms with van der Waals surface area (Å²) < 4.78 is 0. The Labute approximate surface area is 110 Å². The molecule has 1 unspecified atom stereocenters. The summed E-state index contributed by atoms with van der Waals surface area (Å²) >= 11 is 6.10. The van der Waals surface area contributed by atoms with Crippen molar-refractivity contribution in [2.45, 2.75) is 58.4 Å². The maximum atomic E-state index is 6.22. The first-order chi connectivity index (χ1) is 8.16. The molecule has 17 heavy (non-hydrogen) atoms. The third kappa shape index (κ3) is 4.69. The van der Waals surface area contributed by atoms with Crippen molar-refractivity contribution in [3.8, 4) is 0 Å². The van der Waals surface area contributed by atoms with Gasteiger partial charge in [-0.25, -0.2) is 0 Å². The molecule has 1 rings (SSSR count). The quantitative estimate of drug-likeness (QED) is 0.680. The third-order valence-electron chi connectivity index (χ3n) is 3.33. The Morgan fingerprint density at radius 3 is 2.59 bits per heavy atom. The van der Waals surface area contributed by atoms with E-state index in [4.69, 9.17) is 17.3 Å². The maximum Gasteiger partial charge on any atom is 0.0438 e. The highest BCUT2D eigenvalue weighted by molar-refractivity contribution is 6.31. The standard InChI is InChI=1S/C15H24ClN/c1-3-4-5-6-7-11-15(17)13-9-8-10-14(16)12(13)2/h8-10,15H,3-7,11,17H2,1-2H3. The minimum absolute atomic E-state index is 0.135. The predicted molar refractivity (Wildman–Crippen MR) is 76.5 cm³/mol. The van der Waals surface area contributed by atoms with Crippen LogP contribution in [0.15, 0.2) is 18.2 Å². The Hall–Kier alpha value is -0.530. The van der Waals surface area contributed by atoms with Crippen LogP contribution in [0, 0.1) is 6.92 Å². The minimum Gasteiger partial charge on any atom is -0.324 e. The molecule has 0 aliphatic rings. The van der Waals surface area contributed by atoms with E-state index in [2.05, 4.69) is 19.9 Å². The number of hydrogen-bond donors (Lipinski definition) is 1. The van der Waals surface area contributed by atoms with E-state index in [1.54, 1.807) is 0 Å². The molecule has 1 nitrogen and oxygen atoms in total. The van der Waals surface area contributed by atoms with Crippen LogP contribution in [0.2, 0.25) is 5.02 Å². The van der Waals surface area contributed by atoms with Crippen LogP contribution in [0.1, 0.15) is 62.6 Å². The second-order valence-corrected chi connectivity index (χ2v) is 5.17. The molecular weight excluding hydrogens is 230 g/mol. The molecule has 0 heterocycles. The van der Waals surface area contributed by atoms with Crippen molar-refractivity contribution in [1.82, 2.24) is 0 Å². The Morgan fingerprint density at radius 1 is 1.18 bits per heavy atom. The topological polar surface area (TPSA) is 26.0 Å². The van der Waals surface area contributed by atoms with E-state index in [0.29, 0.717) is 0 Å². The number of nitrogens with two attached hydrogens (primary N) is 1. The second-order valence-electron chi connectivity index (χ2n) is 4.76. The molecule has 0 fully saturated rings. The monoisotopic (exact) mass is 253 g/mol. The lowest BCUT2D eigenvalue weighted by molar-refractivity contribution is 0.554. The zero-order valence-electron chi connectivity index (χ0n) is 11.0. The fourth-order valence-electron chi connectivity index (χ4n) is 2.15. The molecule has 1 aromatic rings. The van der Waals surface area contributed by atoms with E-state index in [0.717, 1.165) is 17.0 Å². The van der Waals surface area contributed by atoms with Gasteiger partial charge in [0.25, 0.3) is 0 Å². The molecule has 2 heteroatoms. The molecule has 0 saturated heterocycles. The van der Waals surface area contributed by atoms with Gasteiger partial charge in [0.15, 0.2) is 0 Å². The van der Waals surface area contributed by atoms with Gasteiger partial charge in [0.05, 0.1) is 0 Å². The predicted octanol–water partition coefficient (Wildman–Crippen LogP) is 5.01. The normalized spacial score (nSPS) is 12.7. The molecule has 2 N–H and O–H groups in total. The zero-order chi connectivity index (χ0) is 12.7. The smallest absolute Gasteiger partial charge is 0.0438 e. The van der Waals surface area contributed by atoms with Crippen LogP contribution in [-0.4, -0.2) is 0 Å². The minimum atomic E-state index is 0.135.